The summed E-state index contributed by atoms with van der Waals surface area (Å²) in [5.74, 6) is -2.74. The Morgan fingerprint density at radius 3 is 2.19 bits per heavy atom. The van der Waals surface area contributed by atoms with Crippen LogP contribution in [-0.4, -0.2) is 36.8 Å². The zero-order valence-electron chi connectivity index (χ0n) is 8.63. The fraction of sp³-hybridized carbons (Fsp3) is 0.333. The van der Waals surface area contributed by atoms with E-state index in [1.54, 1.807) is 0 Å². The van der Waals surface area contributed by atoms with Crippen molar-refractivity contribution in [2.75, 3.05) is 6.26 Å². The van der Waals surface area contributed by atoms with E-state index in [1.165, 1.54) is 6.92 Å². The summed E-state index contributed by atoms with van der Waals surface area (Å²) < 4.78 is 26.9. The average molecular weight is 246 g/mol. The first-order valence-electron chi connectivity index (χ1n) is 4.29. The summed E-state index contributed by atoms with van der Waals surface area (Å²) in [6.45, 7) is 1.22. The van der Waals surface area contributed by atoms with E-state index >= 15 is 0 Å². The second kappa shape index (κ2) is 4.09. The van der Waals surface area contributed by atoms with Crippen molar-refractivity contribution < 1.29 is 27.5 Å². The number of carbonyl (C=O) groups excluding carboxylic acids is 1. The van der Waals surface area contributed by atoms with Gasteiger partial charge in [-0.05, 0) is 19.1 Å². The van der Waals surface area contributed by atoms with Gasteiger partial charge in [0.25, 0.3) is 0 Å². The molecule has 1 atom stereocenters. The highest BCUT2D eigenvalue weighted by Gasteiger charge is 2.27. The molecule has 0 bridgehead atoms. The summed E-state index contributed by atoms with van der Waals surface area (Å²) in [5, 5.41) is 7.31. The van der Waals surface area contributed by atoms with Crippen LogP contribution >= 0.6 is 0 Å². The molecule has 1 heterocycles. The summed E-state index contributed by atoms with van der Waals surface area (Å²) in [7, 11) is -3.52. The third-order valence-electron chi connectivity index (χ3n) is 2.07. The van der Waals surface area contributed by atoms with Crippen molar-refractivity contribution in [2.24, 2.45) is 0 Å². The van der Waals surface area contributed by atoms with Gasteiger partial charge in [-0.25, -0.2) is 13.2 Å². The smallest absolute Gasteiger partial charge is 0.371 e. The fourth-order valence-electron chi connectivity index (χ4n) is 0.980. The van der Waals surface area contributed by atoms with E-state index in [4.69, 9.17) is 9.52 Å². The van der Waals surface area contributed by atoms with Crippen molar-refractivity contribution in [1.29, 1.82) is 0 Å². The number of aromatic carboxylic acids is 1. The van der Waals surface area contributed by atoms with Gasteiger partial charge in [0.2, 0.25) is 11.5 Å². The van der Waals surface area contributed by atoms with Crippen LogP contribution in [0.4, 0.5) is 0 Å². The summed E-state index contributed by atoms with van der Waals surface area (Å²) in [5.41, 5.74) is 0. The Kier molecular flexibility index (Phi) is 3.18. The topological polar surface area (TPSA) is 102 Å². The number of hydrogen-bond acceptors (Lipinski definition) is 5. The van der Waals surface area contributed by atoms with Crippen LogP contribution in [0, 0.1) is 0 Å². The minimum atomic E-state index is -3.52. The van der Waals surface area contributed by atoms with Crippen LogP contribution < -0.4 is 0 Å². The molecule has 0 aliphatic heterocycles. The summed E-state index contributed by atoms with van der Waals surface area (Å²) in [6.07, 6.45) is 0.927. The Hall–Kier alpha value is -1.63. The summed E-state index contributed by atoms with van der Waals surface area (Å²) in [6, 6.07) is 2.25. The standard InChI is InChI=1S/C9H10O6S/c1-5(16(2,13)14)8(10)6-3-4-7(15-6)9(11)12/h3-5H,1-2H3,(H,11,12). The molecule has 0 saturated carbocycles. The minimum Gasteiger partial charge on any atom is -0.475 e. The largest absolute Gasteiger partial charge is 0.475 e. The van der Waals surface area contributed by atoms with Crippen LogP contribution in [0.25, 0.3) is 0 Å². The first kappa shape index (κ1) is 12.4. The molecule has 1 N–H and O–H groups in total. The van der Waals surface area contributed by atoms with Crippen LogP contribution in [0.2, 0.25) is 0 Å². The molecule has 0 saturated heterocycles. The number of carbonyl (C=O) groups is 2. The maximum atomic E-state index is 11.6. The highest BCUT2D eigenvalue weighted by molar-refractivity contribution is 7.92. The Bertz CT molecular complexity index is 524. The quantitative estimate of drug-likeness (QED) is 0.780. The first-order chi connectivity index (χ1) is 7.23. The molecule has 0 fully saturated rings. The molecule has 6 nitrogen and oxygen atoms in total. The van der Waals surface area contributed by atoms with Crippen molar-refractivity contribution >= 4 is 21.6 Å². The molecule has 1 aromatic heterocycles. The highest BCUT2D eigenvalue weighted by Crippen LogP contribution is 2.13. The molecular weight excluding hydrogens is 236 g/mol. The van der Waals surface area contributed by atoms with E-state index < -0.39 is 32.6 Å². The zero-order valence-corrected chi connectivity index (χ0v) is 9.45. The Morgan fingerprint density at radius 1 is 1.31 bits per heavy atom. The summed E-state index contributed by atoms with van der Waals surface area (Å²) >= 11 is 0. The minimum absolute atomic E-state index is 0.268. The van der Waals surface area contributed by atoms with Gasteiger partial charge in [-0.3, -0.25) is 4.79 Å². The lowest BCUT2D eigenvalue weighted by Crippen LogP contribution is -2.25. The monoisotopic (exact) mass is 246 g/mol. The number of sulfone groups is 1. The van der Waals surface area contributed by atoms with Crippen molar-refractivity contribution in [3.05, 3.63) is 23.7 Å². The maximum absolute atomic E-state index is 11.6. The van der Waals surface area contributed by atoms with Gasteiger partial charge in [-0.15, -0.1) is 0 Å². The maximum Gasteiger partial charge on any atom is 0.371 e. The van der Waals surface area contributed by atoms with Gasteiger partial charge in [0, 0.05) is 6.26 Å². The van der Waals surface area contributed by atoms with Gasteiger partial charge < -0.3 is 9.52 Å². The van der Waals surface area contributed by atoms with E-state index in [9.17, 15) is 18.0 Å². The molecular formula is C9H10O6S. The second-order valence-corrected chi connectivity index (χ2v) is 5.67. The molecule has 0 radical (unpaired) electrons. The Labute approximate surface area is 91.8 Å². The van der Waals surface area contributed by atoms with Gasteiger partial charge in [-0.2, -0.15) is 0 Å². The van der Waals surface area contributed by atoms with Gasteiger partial charge >= 0.3 is 5.97 Å². The van der Waals surface area contributed by atoms with E-state index in [2.05, 4.69) is 0 Å². The van der Waals surface area contributed by atoms with Gasteiger partial charge in [-0.1, -0.05) is 0 Å². The molecule has 88 valence electrons. The van der Waals surface area contributed by atoms with Crippen LogP contribution in [0.5, 0.6) is 0 Å². The highest BCUT2D eigenvalue weighted by atomic mass is 32.2. The number of hydrogen-bond donors (Lipinski definition) is 1. The number of Topliss-reactive ketones (excluding diaryl/α,β-unsaturated/α-hetero) is 1. The fourth-order valence-corrected chi connectivity index (χ4v) is 1.49. The Balaban J connectivity index is 3.02. The molecule has 0 spiro atoms. The van der Waals surface area contributed by atoms with Crippen LogP contribution in [0.3, 0.4) is 0 Å². The molecule has 7 heteroatoms. The van der Waals surface area contributed by atoms with E-state index in [1.807, 2.05) is 0 Å². The molecule has 1 aromatic rings. The lowest BCUT2D eigenvalue weighted by molar-refractivity contribution is 0.0660. The normalized spacial score (nSPS) is 13.4. The molecule has 0 aromatic carbocycles. The van der Waals surface area contributed by atoms with Crippen molar-refractivity contribution in [2.45, 2.75) is 12.2 Å². The third-order valence-corrected chi connectivity index (χ3v) is 3.57. The first-order valence-corrected chi connectivity index (χ1v) is 6.25. The number of furan rings is 1. The van der Waals surface area contributed by atoms with Crippen molar-refractivity contribution in [3.8, 4) is 0 Å². The van der Waals surface area contributed by atoms with Crippen molar-refractivity contribution in [1.82, 2.24) is 0 Å². The van der Waals surface area contributed by atoms with E-state index in [0.29, 0.717) is 0 Å². The average Bonchev–Trinajstić information content (AvgIpc) is 2.62. The SMILES string of the molecule is CC(C(=O)c1ccc(C(=O)O)o1)S(C)(=O)=O. The van der Waals surface area contributed by atoms with Crippen molar-refractivity contribution in [3.63, 3.8) is 0 Å². The van der Waals surface area contributed by atoms with E-state index in [0.717, 1.165) is 18.4 Å². The number of rotatable bonds is 4. The molecule has 0 amide bonds. The Morgan fingerprint density at radius 2 is 1.81 bits per heavy atom. The van der Waals surface area contributed by atoms with Gasteiger partial charge in [0.15, 0.2) is 15.6 Å². The lowest BCUT2D eigenvalue weighted by Gasteiger charge is -2.04. The molecule has 0 aliphatic carbocycles. The predicted octanol–water partition coefficient (Wildman–Crippen LogP) is 0.594. The number of carboxylic acid groups (broad SMARTS) is 1. The van der Waals surface area contributed by atoms with Crippen LogP contribution in [0.1, 0.15) is 28.0 Å². The molecule has 16 heavy (non-hydrogen) atoms. The molecule has 1 rings (SSSR count). The summed E-state index contributed by atoms with van der Waals surface area (Å²) in [4.78, 5) is 22.0. The van der Waals surface area contributed by atoms with Crippen LogP contribution in [0.15, 0.2) is 16.5 Å². The second-order valence-electron chi connectivity index (χ2n) is 3.31. The van der Waals surface area contributed by atoms with E-state index in [-0.39, 0.29) is 5.76 Å². The number of carboxylic acids is 1. The number of ketones is 1. The molecule has 0 aliphatic rings. The van der Waals surface area contributed by atoms with Gasteiger partial charge in [0.1, 0.15) is 5.25 Å². The third kappa shape index (κ3) is 2.48. The van der Waals surface area contributed by atoms with Crippen LogP contribution in [-0.2, 0) is 9.84 Å². The zero-order chi connectivity index (χ0) is 12.5. The molecule has 1 unspecified atom stereocenters. The lowest BCUT2D eigenvalue weighted by atomic mass is 10.2. The predicted molar refractivity (Wildman–Crippen MR) is 54.3 cm³/mol. The van der Waals surface area contributed by atoms with Gasteiger partial charge in [0.05, 0.1) is 0 Å².